The summed E-state index contributed by atoms with van der Waals surface area (Å²) >= 11 is 0. The van der Waals surface area contributed by atoms with E-state index in [1.54, 1.807) is 12.3 Å². The highest BCUT2D eigenvalue weighted by molar-refractivity contribution is 5.83. The number of carbonyl (C=O) groups excluding carboxylic acids is 1. The molecule has 70 valence electrons. The maximum absolute atomic E-state index is 11.6. The van der Waals surface area contributed by atoms with Crippen molar-refractivity contribution in [2.45, 2.75) is 18.9 Å². The van der Waals surface area contributed by atoms with Crippen LogP contribution in [0, 0.1) is 0 Å². The second kappa shape index (κ2) is 3.18. The standard InChI is InChI=1S/C8H12N4O/c9-7-3-5-12(11-7)8(13)6-2-1-4-10-6/h3,5-6,10H,1-2,4H2,(H2,9,11)/t6-/m0/s1. The van der Waals surface area contributed by atoms with E-state index in [0.29, 0.717) is 5.82 Å². The van der Waals surface area contributed by atoms with Crippen molar-refractivity contribution < 1.29 is 4.79 Å². The van der Waals surface area contributed by atoms with Crippen LogP contribution in [0.4, 0.5) is 5.82 Å². The molecule has 3 N–H and O–H groups in total. The van der Waals surface area contributed by atoms with E-state index in [1.807, 2.05) is 0 Å². The van der Waals surface area contributed by atoms with E-state index in [2.05, 4.69) is 10.4 Å². The molecule has 1 aromatic rings. The number of hydrogen-bond acceptors (Lipinski definition) is 4. The summed E-state index contributed by atoms with van der Waals surface area (Å²) in [7, 11) is 0. The van der Waals surface area contributed by atoms with E-state index < -0.39 is 0 Å². The molecule has 2 heterocycles. The van der Waals surface area contributed by atoms with Crippen LogP contribution >= 0.6 is 0 Å². The van der Waals surface area contributed by atoms with Crippen LogP contribution in [-0.2, 0) is 0 Å². The van der Waals surface area contributed by atoms with Crippen LogP contribution in [0.15, 0.2) is 12.3 Å². The molecule has 0 aliphatic carbocycles. The lowest BCUT2D eigenvalue weighted by Gasteiger charge is -2.07. The predicted molar refractivity (Wildman–Crippen MR) is 48.3 cm³/mol. The number of aromatic nitrogens is 2. The Balaban J connectivity index is 2.12. The van der Waals surface area contributed by atoms with Gasteiger partial charge < -0.3 is 11.1 Å². The summed E-state index contributed by atoms with van der Waals surface area (Å²) in [6.07, 6.45) is 3.53. The predicted octanol–water partition coefficient (Wildman–Crippen LogP) is -0.143. The minimum absolute atomic E-state index is 0.0193. The third-order valence-electron chi connectivity index (χ3n) is 2.19. The Bertz CT molecular complexity index is 314. The molecule has 1 saturated heterocycles. The number of nitrogens with two attached hydrogens (primary N) is 1. The van der Waals surface area contributed by atoms with Crippen molar-refractivity contribution in [3.63, 3.8) is 0 Å². The third kappa shape index (κ3) is 1.55. The van der Waals surface area contributed by atoms with Crippen LogP contribution < -0.4 is 11.1 Å². The molecule has 0 saturated carbocycles. The highest BCUT2D eigenvalue weighted by atomic mass is 16.2. The Labute approximate surface area is 75.9 Å². The molecule has 1 aliphatic heterocycles. The first-order valence-corrected chi connectivity index (χ1v) is 4.36. The van der Waals surface area contributed by atoms with E-state index in [-0.39, 0.29) is 11.9 Å². The number of hydrogen-bond donors (Lipinski definition) is 2. The Morgan fingerprint density at radius 1 is 1.77 bits per heavy atom. The quantitative estimate of drug-likeness (QED) is 0.630. The van der Waals surface area contributed by atoms with Gasteiger partial charge in [0.15, 0.2) is 0 Å². The fourth-order valence-electron chi connectivity index (χ4n) is 1.52. The molecular weight excluding hydrogens is 168 g/mol. The molecule has 5 nitrogen and oxygen atoms in total. The first kappa shape index (κ1) is 8.25. The van der Waals surface area contributed by atoms with Gasteiger partial charge >= 0.3 is 0 Å². The SMILES string of the molecule is Nc1ccn(C(=O)[C@@H]2CCCN2)n1. The second-order valence-electron chi connectivity index (χ2n) is 3.17. The van der Waals surface area contributed by atoms with Gasteiger partial charge in [0.05, 0.1) is 6.04 Å². The van der Waals surface area contributed by atoms with Gasteiger partial charge in [0.25, 0.3) is 5.91 Å². The van der Waals surface area contributed by atoms with E-state index in [9.17, 15) is 4.79 Å². The molecule has 0 aromatic carbocycles. The molecular formula is C8H12N4O. The lowest BCUT2D eigenvalue weighted by Crippen LogP contribution is -2.35. The summed E-state index contributed by atoms with van der Waals surface area (Å²) in [6, 6.07) is 1.53. The maximum Gasteiger partial charge on any atom is 0.264 e. The average molecular weight is 180 g/mol. The van der Waals surface area contributed by atoms with Gasteiger partial charge in [-0.05, 0) is 19.4 Å². The molecule has 1 fully saturated rings. The first-order chi connectivity index (χ1) is 6.27. The van der Waals surface area contributed by atoms with Crippen LogP contribution in [0.3, 0.4) is 0 Å². The highest BCUT2D eigenvalue weighted by Crippen LogP contribution is 2.07. The normalized spacial score (nSPS) is 22.0. The molecule has 0 radical (unpaired) electrons. The number of carbonyl (C=O) groups is 1. The zero-order chi connectivity index (χ0) is 9.26. The Kier molecular flexibility index (Phi) is 2.02. The number of nitrogens with zero attached hydrogens (tertiary/aromatic N) is 2. The lowest BCUT2D eigenvalue weighted by molar-refractivity contribution is 0.0853. The Morgan fingerprint density at radius 2 is 2.62 bits per heavy atom. The molecule has 0 unspecified atom stereocenters. The van der Waals surface area contributed by atoms with Gasteiger partial charge in [-0.2, -0.15) is 0 Å². The van der Waals surface area contributed by atoms with E-state index in [0.717, 1.165) is 19.4 Å². The maximum atomic E-state index is 11.6. The summed E-state index contributed by atoms with van der Waals surface area (Å²) in [5.74, 6) is 0.362. The second-order valence-corrected chi connectivity index (χ2v) is 3.17. The number of anilines is 1. The van der Waals surface area contributed by atoms with Gasteiger partial charge in [-0.1, -0.05) is 0 Å². The minimum Gasteiger partial charge on any atom is -0.382 e. The van der Waals surface area contributed by atoms with Gasteiger partial charge in [-0.3, -0.25) is 4.79 Å². The monoisotopic (exact) mass is 180 g/mol. The van der Waals surface area contributed by atoms with Crippen LogP contribution in [0.2, 0.25) is 0 Å². The molecule has 5 heteroatoms. The smallest absolute Gasteiger partial charge is 0.264 e. The number of rotatable bonds is 1. The molecule has 13 heavy (non-hydrogen) atoms. The Hall–Kier alpha value is -1.36. The molecule has 1 aromatic heterocycles. The first-order valence-electron chi connectivity index (χ1n) is 4.36. The molecule has 0 amide bonds. The zero-order valence-corrected chi connectivity index (χ0v) is 7.23. The van der Waals surface area contributed by atoms with Crippen LogP contribution in [0.5, 0.6) is 0 Å². The fourth-order valence-corrected chi connectivity index (χ4v) is 1.52. The number of nitrogens with one attached hydrogen (secondary N) is 1. The van der Waals surface area contributed by atoms with E-state index >= 15 is 0 Å². The molecule has 0 bridgehead atoms. The van der Waals surface area contributed by atoms with Crippen molar-refractivity contribution in [2.24, 2.45) is 0 Å². The summed E-state index contributed by atoms with van der Waals surface area (Å²) in [6.45, 7) is 0.910. The molecule has 1 atom stereocenters. The van der Waals surface area contributed by atoms with Crippen LogP contribution in [-0.4, -0.2) is 28.3 Å². The van der Waals surface area contributed by atoms with Crippen molar-refractivity contribution in [1.29, 1.82) is 0 Å². The minimum atomic E-state index is -0.0840. The van der Waals surface area contributed by atoms with Gasteiger partial charge in [-0.25, -0.2) is 4.68 Å². The molecule has 1 aliphatic rings. The van der Waals surface area contributed by atoms with E-state index in [1.165, 1.54) is 4.68 Å². The van der Waals surface area contributed by atoms with Crippen molar-refractivity contribution in [1.82, 2.24) is 15.1 Å². The lowest BCUT2D eigenvalue weighted by atomic mass is 10.2. The Morgan fingerprint density at radius 3 is 3.15 bits per heavy atom. The fraction of sp³-hybridized carbons (Fsp3) is 0.500. The van der Waals surface area contributed by atoms with E-state index in [4.69, 9.17) is 5.73 Å². The average Bonchev–Trinajstić information content (AvgIpc) is 2.72. The topological polar surface area (TPSA) is 72.9 Å². The summed E-state index contributed by atoms with van der Waals surface area (Å²) in [4.78, 5) is 11.6. The third-order valence-corrected chi connectivity index (χ3v) is 2.19. The van der Waals surface area contributed by atoms with Crippen molar-refractivity contribution >= 4 is 11.7 Å². The number of nitrogen functional groups attached to an aromatic ring is 1. The zero-order valence-electron chi connectivity index (χ0n) is 7.23. The summed E-state index contributed by atoms with van der Waals surface area (Å²) < 4.78 is 1.30. The van der Waals surface area contributed by atoms with Crippen molar-refractivity contribution in [2.75, 3.05) is 12.3 Å². The van der Waals surface area contributed by atoms with Crippen molar-refractivity contribution in [3.05, 3.63) is 12.3 Å². The van der Waals surface area contributed by atoms with Gasteiger partial charge in [0.1, 0.15) is 5.82 Å². The van der Waals surface area contributed by atoms with Gasteiger partial charge in [0, 0.05) is 12.3 Å². The van der Waals surface area contributed by atoms with Crippen LogP contribution in [0.25, 0.3) is 0 Å². The molecule has 0 spiro atoms. The van der Waals surface area contributed by atoms with Crippen molar-refractivity contribution in [3.8, 4) is 0 Å². The summed E-state index contributed by atoms with van der Waals surface area (Å²) in [5.41, 5.74) is 5.41. The largest absolute Gasteiger partial charge is 0.382 e. The summed E-state index contributed by atoms with van der Waals surface area (Å²) in [5, 5.41) is 6.97. The molecule has 2 rings (SSSR count). The highest BCUT2D eigenvalue weighted by Gasteiger charge is 2.23. The van der Waals surface area contributed by atoms with Gasteiger partial charge in [0.2, 0.25) is 0 Å². The van der Waals surface area contributed by atoms with Crippen LogP contribution in [0.1, 0.15) is 17.6 Å². The van der Waals surface area contributed by atoms with Gasteiger partial charge in [-0.15, -0.1) is 5.10 Å².